The van der Waals surface area contributed by atoms with Crippen molar-refractivity contribution >= 4 is 0 Å². The Morgan fingerprint density at radius 2 is 1.00 bits per heavy atom. The van der Waals surface area contributed by atoms with Crippen molar-refractivity contribution in [2.45, 2.75) is 96.4 Å². The highest BCUT2D eigenvalue weighted by Crippen LogP contribution is 2.50. The van der Waals surface area contributed by atoms with Crippen LogP contribution in [0.4, 0.5) is 0 Å². The molecular formula is C21H38O3. The van der Waals surface area contributed by atoms with Crippen LogP contribution in [0.15, 0.2) is 0 Å². The summed E-state index contributed by atoms with van der Waals surface area (Å²) >= 11 is 0. The molecule has 0 saturated heterocycles. The maximum Gasteiger partial charge on any atom is 0.0543 e. The van der Waals surface area contributed by atoms with Gasteiger partial charge in [-0.3, -0.25) is 0 Å². The van der Waals surface area contributed by atoms with Gasteiger partial charge in [0.05, 0.1) is 18.3 Å². The second-order valence-corrected chi connectivity index (χ2v) is 9.36. The van der Waals surface area contributed by atoms with Crippen molar-refractivity contribution in [1.29, 1.82) is 0 Å². The van der Waals surface area contributed by atoms with Gasteiger partial charge in [-0.1, -0.05) is 13.8 Å². The maximum atomic E-state index is 10.1. The van der Waals surface area contributed by atoms with E-state index < -0.39 is 0 Å². The van der Waals surface area contributed by atoms with Crippen LogP contribution in [0.3, 0.4) is 0 Å². The predicted octanol–water partition coefficient (Wildman–Crippen LogP) is 3.75. The summed E-state index contributed by atoms with van der Waals surface area (Å²) in [6, 6.07) is 0. The van der Waals surface area contributed by atoms with E-state index in [0.29, 0.717) is 11.8 Å². The molecule has 0 radical (unpaired) electrons. The Hall–Kier alpha value is -0.120. The second-order valence-electron chi connectivity index (χ2n) is 9.36. The Labute approximate surface area is 147 Å². The third-order valence-corrected chi connectivity index (χ3v) is 7.69. The Morgan fingerprint density at radius 1 is 0.583 bits per heavy atom. The van der Waals surface area contributed by atoms with Crippen LogP contribution >= 0.6 is 0 Å². The summed E-state index contributed by atoms with van der Waals surface area (Å²) in [5.74, 6) is 4.10. The van der Waals surface area contributed by atoms with Crippen LogP contribution in [-0.2, 0) is 0 Å². The van der Waals surface area contributed by atoms with E-state index >= 15 is 0 Å². The lowest BCUT2D eigenvalue weighted by molar-refractivity contribution is -0.0388. The normalized spacial score (nSPS) is 48.9. The highest BCUT2D eigenvalue weighted by Gasteiger charge is 2.44. The molecule has 6 unspecified atom stereocenters. The third kappa shape index (κ3) is 4.16. The Bertz CT molecular complexity index is 365. The lowest BCUT2D eigenvalue weighted by atomic mass is 9.57. The molecule has 0 aromatic carbocycles. The van der Waals surface area contributed by atoms with Gasteiger partial charge in [0.25, 0.3) is 0 Å². The quantitative estimate of drug-likeness (QED) is 0.734. The maximum absolute atomic E-state index is 10.1. The molecule has 0 amide bonds. The molecule has 3 nitrogen and oxygen atoms in total. The van der Waals surface area contributed by atoms with E-state index in [4.69, 9.17) is 0 Å². The van der Waals surface area contributed by atoms with E-state index in [-0.39, 0.29) is 18.3 Å². The van der Waals surface area contributed by atoms with E-state index in [2.05, 4.69) is 13.8 Å². The lowest BCUT2D eigenvalue weighted by Gasteiger charge is -2.49. The first kappa shape index (κ1) is 18.7. The van der Waals surface area contributed by atoms with Crippen molar-refractivity contribution in [3.8, 4) is 0 Å². The number of aliphatic hydroxyl groups excluding tert-OH is 3. The molecule has 3 aliphatic carbocycles. The molecule has 0 bridgehead atoms. The number of aliphatic hydroxyl groups is 3. The van der Waals surface area contributed by atoms with E-state index in [9.17, 15) is 15.3 Å². The Kier molecular flexibility index (Phi) is 6.26. The fourth-order valence-electron chi connectivity index (χ4n) is 6.43. The zero-order chi connectivity index (χ0) is 17.3. The highest BCUT2D eigenvalue weighted by atomic mass is 16.3. The first-order valence-corrected chi connectivity index (χ1v) is 10.5. The molecule has 140 valence electrons. The average Bonchev–Trinajstić information content (AvgIpc) is 2.53. The van der Waals surface area contributed by atoms with Crippen molar-refractivity contribution in [3.05, 3.63) is 0 Å². The first-order chi connectivity index (χ1) is 11.5. The summed E-state index contributed by atoms with van der Waals surface area (Å²) in [5.41, 5.74) is 0. The smallest absolute Gasteiger partial charge is 0.0543 e. The lowest BCUT2D eigenvalue weighted by Crippen LogP contribution is -2.43. The summed E-state index contributed by atoms with van der Waals surface area (Å²) in [6.45, 7) is 4.69. The van der Waals surface area contributed by atoms with E-state index in [1.807, 2.05) is 0 Å². The first-order valence-electron chi connectivity index (χ1n) is 10.5. The van der Waals surface area contributed by atoms with Crippen LogP contribution in [0.25, 0.3) is 0 Å². The molecular weight excluding hydrogens is 300 g/mol. The van der Waals surface area contributed by atoms with E-state index in [0.717, 1.165) is 75.0 Å². The molecule has 3 aliphatic rings. The summed E-state index contributed by atoms with van der Waals surface area (Å²) in [7, 11) is 0. The summed E-state index contributed by atoms with van der Waals surface area (Å²) < 4.78 is 0. The molecule has 3 fully saturated rings. The topological polar surface area (TPSA) is 60.7 Å². The van der Waals surface area contributed by atoms with Crippen molar-refractivity contribution in [1.82, 2.24) is 0 Å². The molecule has 3 N–H and O–H groups in total. The van der Waals surface area contributed by atoms with Gasteiger partial charge in [-0.15, -0.1) is 0 Å². The van der Waals surface area contributed by atoms with Crippen LogP contribution < -0.4 is 0 Å². The fraction of sp³-hybridized carbons (Fsp3) is 1.00. The van der Waals surface area contributed by atoms with Crippen LogP contribution in [-0.4, -0.2) is 33.6 Å². The van der Waals surface area contributed by atoms with Crippen LogP contribution in [0.1, 0.15) is 78.1 Å². The SMILES string of the molecule is CC1CC(O)CCC1C(C1CCC(O)CC1)C1CCC(O)CC1C. The molecule has 0 heterocycles. The van der Waals surface area contributed by atoms with Gasteiger partial charge in [-0.2, -0.15) is 0 Å². The third-order valence-electron chi connectivity index (χ3n) is 7.69. The highest BCUT2D eigenvalue weighted by molar-refractivity contribution is 4.94. The van der Waals surface area contributed by atoms with Crippen LogP contribution in [0, 0.1) is 35.5 Å². The van der Waals surface area contributed by atoms with Gasteiger partial charge in [0, 0.05) is 0 Å². The largest absolute Gasteiger partial charge is 0.393 e. The van der Waals surface area contributed by atoms with E-state index in [1.54, 1.807) is 0 Å². The van der Waals surface area contributed by atoms with Gasteiger partial charge in [-0.05, 0) is 99.7 Å². The predicted molar refractivity (Wildman–Crippen MR) is 96.5 cm³/mol. The fourth-order valence-corrected chi connectivity index (χ4v) is 6.43. The Morgan fingerprint density at radius 3 is 1.42 bits per heavy atom. The monoisotopic (exact) mass is 338 g/mol. The van der Waals surface area contributed by atoms with Crippen molar-refractivity contribution in [2.24, 2.45) is 35.5 Å². The van der Waals surface area contributed by atoms with Gasteiger partial charge in [0.15, 0.2) is 0 Å². The molecule has 24 heavy (non-hydrogen) atoms. The molecule has 6 atom stereocenters. The van der Waals surface area contributed by atoms with Gasteiger partial charge in [0.2, 0.25) is 0 Å². The zero-order valence-electron chi connectivity index (χ0n) is 15.6. The van der Waals surface area contributed by atoms with Gasteiger partial charge in [-0.25, -0.2) is 0 Å². The number of hydrogen-bond donors (Lipinski definition) is 3. The van der Waals surface area contributed by atoms with Gasteiger partial charge < -0.3 is 15.3 Å². The van der Waals surface area contributed by atoms with E-state index in [1.165, 1.54) is 12.8 Å². The summed E-state index contributed by atoms with van der Waals surface area (Å²) in [5, 5.41) is 30.0. The molecule has 3 rings (SSSR count). The average molecular weight is 339 g/mol. The molecule has 3 saturated carbocycles. The van der Waals surface area contributed by atoms with Crippen LogP contribution in [0.2, 0.25) is 0 Å². The minimum atomic E-state index is -0.101. The summed E-state index contributed by atoms with van der Waals surface area (Å²) in [4.78, 5) is 0. The van der Waals surface area contributed by atoms with Gasteiger partial charge in [0.1, 0.15) is 0 Å². The number of rotatable bonds is 3. The molecule has 0 spiro atoms. The van der Waals surface area contributed by atoms with Crippen molar-refractivity contribution < 1.29 is 15.3 Å². The molecule has 0 aromatic heterocycles. The molecule has 0 aliphatic heterocycles. The van der Waals surface area contributed by atoms with Crippen molar-refractivity contribution in [3.63, 3.8) is 0 Å². The van der Waals surface area contributed by atoms with Gasteiger partial charge >= 0.3 is 0 Å². The number of hydrogen-bond acceptors (Lipinski definition) is 3. The minimum Gasteiger partial charge on any atom is -0.393 e. The van der Waals surface area contributed by atoms with Crippen molar-refractivity contribution in [2.75, 3.05) is 0 Å². The standard InChI is InChI=1S/C21H38O3/c1-13-11-17(23)7-9-19(13)21(15-3-5-16(22)6-4-15)20-10-8-18(24)12-14(20)2/h13-24H,3-12H2,1-2H3. The summed E-state index contributed by atoms with van der Waals surface area (Å²) in [6.07, 6.45) is 10.2. The zero-order valence-corrected chi connectivity index (χ0v) is 15.6. The van der Waals surface area contributed by atoms with Crippen LogP contribution in [0.5, 0.6) is 0 Å². The Balaban J connectivity index is 1.78. The second kappa shape index (κ2) is 8.05. The minimum absolute atomic E-state index is 0.0851. The molecule has 0 aromatic rings. The molecule has 3 heteroatoms.